The van der Waals surface area contributed by atoms with E-state index >= 15 is 0 Å². The molecule has 19 heavy (non-hydrogen) atoms. The number of nitrogens with two attached hydrogens (primary N) is 1. The van der Waals surface area contributed by atoms with E-state index in [2.05, 4.69) is 5.10 Å². The van der Waals surface area contributed by atoms with Crippen LogP contribution in [-0.4, -0.2) is 9.78 Å². The Balaban J connectivity index is 2.40. The van der Waals surface area contributed by atoms with Crippen molar-refractivity contribution in [2.45, 2.75) is 32.7 Å². The van der Waals surface area contributed by atoms with Gasteiger partial charge in [-0.15, -0.1) is 0 Å². The number of nitrogens with zero attached hydrogens (tertiary/aromatic N) is 1. The molecule has 0 saturated heterocycles. The molecule has 0 fully saturated rings. The summed E-state index contributed by atoms with van der Waals surface area (Å²) in [6, 6.07) is 7.42. The van der Waals surface area contributed by atoms with E-state index in [1.165, 1.54) is 4.68 Å². The molecular formula is C14H18ClN3O. The number of rotatable bonds is 2. The normalized spacial score (nSPS) is 11.8. The van der Waals surface area contributed by atoms with Crippen molar-refractivity contribution in [1.82, 2.24) is 9.78 Å². The average molecular weight is 280 g/mol. The molecular weight excluding hydrogens is 262 g/mol. The highest BCUT2D eigenvalue weighted by molar-refractivity contribution is 6.30. The van der Waals surface area contributed by atoms with Crippen molar-refractivity contribution in [1.29, 1.82) is 0 Å². The Morgan fingerprint density at radius 3 is 2.58 bits per heavy atom. The Kier molecular flexibility index (Phi) is 3.45. The Morgan fingerprint density at radius 1 is 1.37 bits per heavy atom. The molecule has 0 aliphatic carbocycles. The number of H-pyrrole nitrogens is 1. The molecule has 0 amide bonds. The Labute approximate surface area is 117 Å². The lowest BCUT2D eigenvalue weighted by molar-refractivity contribution is 0.544. The molecule has 0 aliphatic heterocycles. The fourth-order valence-electron chi connectivity index (χ4n) is 2.00. The number of hydrogen-bond donors (Lipinski definition) is 2. The Bertz CT molecular complexity index is 649. The largest absolute Gasteiger partial charge is 0.393 e. The first-order valence-electron chi connectivity index (χ1n) is 6.12. The highest BCUT2D eigenvalue weighted by Gasteiger charge is 2.22. The van der Waals surface area contributed by atoms with Crippen LogP contribution in [0.25, 0.3) is 0 Å². The number of halogens is 1. The first kappa shape index (κ1) is 13.7. The summed E-state index contributed by atoms with van der Waals surface area (Å²) in [5.74, 6) is 0. The van der Waals surface area contributed by atoms with E-state index in [0.29, 0.717) is 11.6 Å². The third kappa shape index (κ3) is 2.84. The van der Waals surface area contributed by atoms with E-state index in [0.717, 1.165) is 11.3 Å². The summed E-state index contributed by atoms with van der Waals surface area (Å²) in [6.45, 7) is 6.47. The molecule has 102 valence electrons. The lowest BCUT2D eigenvalue weighted by Gasteiger charge is -2.16. The highest BCUT2D eigenvalue weighted by Crippen LogP contribution is 2.23. The van der Waals surface area contributed by atoms with Gasteiger partial charge in [-0.2, -0.15) is 0 Å². The lowest BCUT2D eigenvalue weighted by atomic mass is 9.91. The lowest BCUT2D eigenvalue weighted by Crippen LogP contribution is -2.19. The molecule has 0 unspecified atom stereocenters. The summed E-state index contributed by atoms with van der Waals surface area (Å²) in [6.07, 6.45) is 0. The van der Waals surface area contributed by atoms with Crippen molar-refractivity contribution in [3.8, 4) is 0 Å². The number of hydrogen-bond acceptors (Lipinski definition) is 2. The van der Waals surface area contributed by atoms with Crippen LogP contribution < -0.4 is 11.3 Å². The average Bonchev–Trinajstić information content (AvgIpc) is 2.57. The van der Waals surface area contributed by atoms with Gasteiger partial charge in [0.2, 0.25) is 0 Å². The third-order valence-electron chi connectivity index (χ3n) is 2.97. The molecule has 2 rings (SSSR count). The molecule has 5 heteroatoms. The number of aromatic nitrogens is 2. The molecule has 1 aromatic carbocycles. The fourth-order valence-corrected chi connectivity index (χ4v) is 2.21. The van der Waals surface area contributed by atoms with E-state index in [4.69, 9.17) is 17.3 Å². The number of aromatic amines is 1. The summed E-state index contributed by atoms with van der Waals surface area (Å²) >= 11 is 5.94. The predicted octanol–water partition coefficient (Wildman–Crippen LogP) is 2.76. The number of nitrogens with one attached hydrogen (secondary N) is 1. The van der Waals surface area contributed by atoms with Gasteiger partial charge in [0, 0.05) is 10.4 Å². The van der Waals surface area contributed by atoms with E-state index in [-0.39, 0.29) is 16.7 Å². The maximum absolute atomic E-state index is 12.1. The van der Waals surface area contributed by atoms with Gasteiger partial charge in [-0.3, -0.25) is 9.89 Å². The standard InChI is InChI=1S/C14H18ClN3O/c1-14(2,3)12-11(16)13(19)18(17-12)8-9-5-4-6-10(15)7-9/h4-7,17H,8,16H2,1-3H3. The summed E-state index contributed by atoms with van der Waals surface area (Å²) in [4.78, 5) is 12.1. The molecule has 4 nitrogen and oxygen atoms in total. The molecule has 1 heterocycles. The van der Waals surface area contributed by atoms with Gasteiger partial charge in [0.1, 0.15) is 5.69 Å². The topological polar surface area (TPSA) is 63.8 Å². The SMILES string of the molecule is CC(C)(C)c1[nH]n(Cc2cccc(Cl)c2)c(=O)c1N. The summed E-state index contributed by atoms with van der Waals surface area (Å²) in [7, 11) is 0. The van der Waals surface area contributed by atoms with Crippen LogP contribution in [-0.2, 0) is 12.0 Å². The fraction of sp³-hybridized carbons (Fsp3) is 0.357. The predicted molar refractivity (Wildman–Crippen MR) is 78.7 cm³/mol. The van der Waals surface area contributed by atoms with Gasteiger partial charge >= 0.3 is 0 Å². The summed E-state index contributed by atoms with van der Waals surface area (Å²) < 4.78 is 1.52. The van der Waals surface area contributed by atoms with E-state index in [1.807, 2.05) is 39.0 Å². The molecule has 0 radical (unpaired) electrons. The Morgan fingerprint density at radius 2 is 2.05 bits per heavy atom. The van der Waals surface area contributed by atoms with Gasteiger partial charge < -0.3 is 5.73 Å². The van der Waals surface area contributed by atoms with Gasteiger partial charge in [0.05, 0.1) is 12.2 Å². The number of nitrogen functional groups attached to an aromatic ring is 1. The minimum atomic E-state index is -0.192. The number of anilines is 1. The van der Waals surface area contributed by atoms with Crippen molar-refractivity contribution in [2.75, 3.05) is 5.73 Å². The number of benzene rings is 1. The second-order valence-corrected chi connectivity index (χ2v) is 6.11. The van der Waals surface area contributed by atoms with E-state index in [9.17, 15) is 4.79 Å². The molecule has 0 spiro atoms. The van der Waals surface area contributed by atoms with Crippen molar-refractivity contribution in [3.05, 3.63) is 50.9 Å². The minimum Gasteiger partial charge on any atom is -0.393 e. The van der Waals surface area contributed by atoms with Crippen LogP contribution in [0.5, 0.6) is 0 Å². The van der Waals surface area contributed by atoms with E-state index < -0.39 is 0 Å². The zero-order chi connectivity index (χ0) is 14.2. The molecule has 0 bridgehead atoms. The monoisotopic (exact) mass is 279 g/mol. The Hall–Kier alpha value is -1.68. The molecule has 2 aromatic rings. The first-order valence-corrected chi connectivity index (χ1v) is 6.50. The summed E-state index contributed by atoms with van der Waals surface area (Å²) in [5.41, 5.74) is 7.51. The first-order chi connectivity index (χ1) is 8.79. The van der Waals surface area contributed by atoms with Crippen molar-refractivity contribution >= 4 is 17.3 Å². The van der Waals surface area contributed by atoms with Gasteiger partial charge in [-0.05, 0) is 17.7 Å². The third-order valence-corrected chi connectivity index (χ3v) is 3.21. The quantitative estimate of drug-likeness (QED) is 0.888. The van der Waals surface area contributed by atoms with Crippen molar-refractivity contribution in [2.24, 2.45) is 0 Å². The van der Waals surface area contributed by atoms with Crippen LogP contribution in [0.2, 0.25) is 5.02 Å². The van der Waals surface area contributed by atoms with Crippen LogP contribution in [0.15, 0.2) is 29.1 Å². The minimum absolute atomic E-state index is 0.190. The van der Waals surface area contributed by atoms with Crippen molar-refractivity contribution in [3.63, 3.8) is 0 Å². The molecule has 0 saturated carbocycles. The van der Waals surface area contributed by atoms with Crippen LogP contribution in [0.3, 0.4) is 0 Å². The molecule has 0 atom stereocenters. The van der Waals surface area contributed by atoms with Gasteiger partial charge in [0.25, 0.3) is 5.56 Å². The van der Waals surface area contributed by atoms with Crippen LogP contribution in [0.1, 0.15) is 32.0 Å². The van der Waals surface area contributed by atoms with Gasteiger partial charge in [-0.1, -0.05) is 44.5 Å². The van der Waals surface area contributed by atoms with Crippen LogP contribution in [0.4, 0.5) is 5.69 Å². The van der Waals surface area contributed by atoms with E-state index in [1.54, 1.807) is 6.07 Å². The molecule has 0 aliphatic rings. The highest BCUT2D eigenvalue weighted by atomic mass is 35.5. The van der Waals surface area contributed by atoms with Gasteiger partial charge in [-0.25, -0.2) is 4.68 Å². The molecule has 1 aromatic heterocycles. The smallest absolute Gasteiger partial charge is 0.290 e. The summed E-state index contributed by atoms with van der Waals surface area (Å²) in [5, 5.41) is 3.75. The van der Waals surface area contributed by atoms with Crippen LogP contribution in [0, 0.1) is 0 Å². The second kappa shape index (κ2) is 4.78. The van der Waals surface area contributed by atoms with Crippen LogP contribution >= 0.6 is 11.6 Å². The van der Waals surface area contributed by atoms with Gasteiger partial charge in [0.15, 0.2) is 0 Å². The second-order valence-electron chi connectivity index (χ2n) is 5.67. The maximum atomic E-state index is 12.1. The molecule has 3 N–H and O–H groups in total. The zero-order valence-corrected chi connectivity index (χ0v) is 12.1. The zero-order valence-electron chi connectivity index (χ0n) is 11.3. The van der Waals surface area contributed by atoms with Crippen molar-refractivity contribution < 1.29 is 0 Å². The maximum Gasteiger partial charge on any atom is 0.290 e.